The molecule has 2 nitrogen and oxygen atoms in total. The van der Waals surface area contributed by atoms with Crippen molar-refractivity contribution >= 4 is 0 Å². The van der Waals surface area contributed by atoms with Crippen LogP contribution >= 0.6 is 0 Å². The van der Waals surface area contributed by atoms with E-state index in [1.54, 1.807) is 13.0 Å². The van der Waals surface area contributed by atoms with Crippen molar-refractivity contribution in [1.29, 1.82) is 0 Å². The summed E-state index contributed by atoms with van der Waals surface area (Å²) >= 11 is 0. The van der Waals surface area contributed by atoms with Gasteiger partial charge in [-0.05, 0) is 19.1 Å². The van der Waals surface area contributed by atoms with Crippen molar-refractivity contribution in [3.63, 3.8) is 0 Å². The molecule has 0 fully saturated rings. The van der Waals surface area contributed by atoms with Crippen molar-refractivity contribution in [2.24, 2.45) is 0 Å². The van der Waals surface area contributed by atoms with Gasteiger partial charge in [0.1, 0.15) is 5.82 Å². The third kappa shape index (κ3) is 2.63. The number of rotatable bonds is 2. The average molecular weight is 155 g/mol. The monoisotopic (exact) mass is 155 g/mol. The van der Waals surface area contributed by atoms with E-state index in [-0.39, 0.29) is 5.82 Å². The average Bonchev–Trinajstić information content (AvgIpc) is 1.93. The molecule has 0 amide bonds. The number of hydrogen-bond donors (Lipinski definition) is 1. The summed E-state index contributed by atoms with van der Waals surface area (Å²) in [5.74, 6) is -0.348. The molecule has 0 bridgehead atoms. The number of nitrogens with zero attached hydrogens (tertiary/aromatic N) is 1. The molecule has 0 saturated carbocycles. The van der Waals surface area contributed by atoms with E-state index >= 15 is 0 Å². The van der Waals surface area contributed by atoms with E-state index in [0.29, 0.717) is 12.1 Å². The fourth-order valence-corrected chi connectivity index (χ4v) is 0.830. The van der Waals surface area contributed by atoms with E-state index in [9.17, 15) is 4.39 Å². The van der Waals surface area contributed by atoms with Gasteiger partial charge in [-0.25, -0.2) is 4.39 Å². The van der Waals surface area contributed by atoms with Crippen LogP contribution in [-0.4, -0.2) is 16.2 Å². The van der Waals surface area contributed by atoms with Crippen LogP contribution in [0.2, 0.25) is 0 Å². The first kappa shape index (κ1) is 8.14. The number of pyridine rings is 1. The van der Waals surface area contributed by atoms with Crippen LogP contribution < -0.4 is 0 Å². The molecule has 0 spiro atoms. The zero-order chi connectivity index (χ0) is 8.27. The number of aliphatic hydroxyl groups is 1. The Kier molecular flexibility index (Phi) is 2.54. The molecule has 3 heteroatoms. The highest BCUT2D eigenvalue weighted by atomic mass is 19.1. The summed E-state index contributed by atoms with van der Waals surface area (Å²) in [5.41, 5.74) is 0.710. The molecule has 60 valence electrons. The minimum absolute atomic E-state index is 0.348. The number of halogens is 1. The van der Waals surface area contributed by atoms with E-state index in [4.69, 9.17) is 5.11 Å². The Bertz CT molecular complexity index is 220. The zero-order valence-corrected chi connectivity index (χ0v) is 6.29. The molecular weight excluding hydrogens is 145 g/mol. The maximum atomic E-state index is 12.3. The minimum atomic E-state index is -0.423. The third-order valence-electron chi connectivity index (χ3n) is 1.29. The van der Waals surface area contributed by atoms with E-state index in [0.717, 1.165) is 6.20 Å². The molecule has 1 aromatic heterocycles. The fraction of sp³-hybridized carbons (Fsp3) is 0.375. The van der Waals surface area contributed by atoms with Gasteiger partial charge in [-0.1, -0.05) is 0 Å². The molecule has 11 heavy (non-hydrogen) atoms. The second kappa shape index (κ2) is 3.44. The third-order valence-corrected chi connectivity index (χ3v) is 1.29. The van der Waals surface area contributed by atoms with Crippen LogP contribution in [0.15, 0.2) is 18.3 Å². The molecule has 0 saturated heterocycles. The molecule has 0 unspecified atom stereocenters. The molecule has 1 N–H and O–H groups in total. The lowest BCUT2D eigenvalue weighted by Gasteiger charge is -2.01. The molecular formula is C8H10FNO. The summed E-state index contributed by atoms with van der Waals surface area (Å²) in [4.78, 5) is 3.78. The van der Waals surface area contributed by atoms with Crippen LogP contribution in [0.25, 0.3) is 0 Å². The molecule has 0 aliphatic heterocycles. The minimum Gasteiger partial charge on any atom is -0.393 e. The lowest BCUT2D eigenvalue weighted by molar-refractivity contribution is 0.194. The summed E-state index contributed by atoms with van der Waals surface area (Å²) in [6.07, 6.45) is 1.20. The lowest BCUT2D eigenvalue weighted by atomic mass is 10.2. The van der Waals surface area contributed by atoms with Crippen molar-refractivity contribution in [3.8, 4) is 0 Å². The first-order chi connectivity index (χ1) is 5.18. The van der Waals surface area contributed by atoms with Gasteiger partial charge in [0.2, 0.25) is 0 Å². The van der Waals surface area contributed by atoms with E-state index in [1.165, 1.54) is 6.07 Å². The molecule has 1 rings (SSSR count). The van der Waals surface area contributed by atoms with Gasteiger partial charge in [-0.2, -0.15) is 0 Å². The molecule has 1 aromatic rings. The van der Waals surface area contributed by atoms with Crippen LogP contribution in [0.5, 0.6) is 0 Å². The van der Waals surface area contributed by atoms with Gasteiger partial charge in [0.05, 0.1) is 12.3 Å². The number of hydrogen-bond acceptors (Lipinski definition) is 2. The van der Waals surface area contributed by atoms with Gasteiger partial charge in [-0.15, -0.1) is 0 Å². The summed E-state index contributed by atoms with van der Waals surface area (Å²) < 4.78 is 12.3. The van der Waals surface area contributed by atoms with Crippen molar-refractivity contribution in [2.75, 3.05) is 0 Å². The van der Waals surface area contributed by atoms with Crippen LogP contribution in [0.1, 0.15) is 12.6 Å². The Balaban J connectivity index is 2.66. The molecule has 0 radical (unpaired) electrons. The van der Waals surface area contributed by atoms with Gasteiger partial charge < -0.3 is 5.11 Å². The maximum absolute atomic E-state index is 12.3. The van der Waals surface area contributed by atoms with Gasteiger partial charge in [0.25, 0.3) is 0 Å². The van der Waals surface area contributed by atoms with Crippen LogP contribution in [-0.2, 0) is 6.42 Å². The summed E-state index contributed by atoms with van der Waals surface area (Å²) in [5, 5.41) is 8.94. The quantitative estimate of drug-likeness (QED) is 0.694. The smallest absolute Gasteiger partial charge is 0.141 e. The van der Waals surface area contributed by atoms with E-state index < -0.39 is 6.10 Å². The highest BCUT2D eigenvalue weighted by Gasteiger charge is 1.99. The van der Waals surface area contributed by atoms with Gasteiger partial charge in [0, 0.05) is 12.1 Å². The molecule has 0 aliphatic carbocycles. The van der Waals surface area contributed by atoms with Crippen molar-refractivity contribution < 1.29 is 9.50 Å². The number of aromatic nitrogens is 1. The largest absolute Gasteiger partial charge is 0.393 e. The number of aliphatic hydroxyl groups excluding tert-OH is 1. The standard InChI is InChI=1S/C8H10FNO/c1-6(11)4-8-3-2-7(9)5-10-8/h2-3,5-6,11H,4H2,1H3/t6-/m0/s1. The second-order valence-electron chi connectivity index (χ2n) is 2.52. The van der Waals surface area contributed by atoms with Crippen LogP contribution in [0, 0.1) is 5.82 Å². The molecule has 1 atom stereocenters. The first-order valence-corrected chi connectivity index (χ1v) is 3.47. The van der Waals surface area contributed by atoms with Gasteiger partial charge in [-0.3, -0.25) is 4.98 Å². The first-order valence-electron chi connectivity index (χ1n) is 3.47. The predicted molar refractivity (Wildman–Crippen MR) is 39.6 cm³/mol. The van der Waals surface area contributed by atoms with Gasteiger partial charge in [0.15, 0.2) is 0 Å². The summed E-state index contributed by atoms with van der Waals surface area (Å²) in [6.45, 7) is 1.67. The molecule has 0 aromatic carbocycles. The van der Waals surface area contributed by atoms with Crippen LogP contribution in [0.3, 0.4) is 0 Å². The van der Waals surface area contributed by atoms with Crippen LogP contribution in [0.4, 0.5) is 4.39 Å². The van der Waals surface area contributed by atoms with Crippen molar-refractivity contribution in [2.45, 2.75) is 19.4 Å². The molecule has 1 heterocycles. The topological polar surface area (TPSA) is 33.1 Å². The normalized spacial score (nSPS) is 13.0. The molecule has 0 aliphatic rings. The summed E-state index contributed by atoms with van der Waals surface area (Å²) in [7, 11) is 0. The Hall–Kier alpha value is -0.960. The predicted octanol–water partition coefficient (Wildman–Crippen LogP) is 1.14. The summed E-state index contributed by atoms with van der Waals surface area (Å²) in [6, 6.07) is 2.91. The maximum Gasteiger partial charge on any atom is 0.141 e. The second-order valence-corrected chi connectivity index (χ2v) is 2.52. The van der Waals surface area contributed by atoms with Crippen molar-refractivity contribution in [1.82, 2.24) is 4.98 Å². The Morgan fingerprint density at radius 3 is 2.82 bits per heavy atom. The van der Waals surface area contributed by atoms with E-state index in [1.807, 2.05) is 0 Å². The zero-order valence-electron chi connectivity index (χ0n) is 6.29. The van der Waals surface area contributed by atoms with Gasteiger partial charge >= 0.3 is 0 Å². The van der Waals surface area contributed by atoms with E-state index in [2.05, 4.69) is 4.98 Å². The Morgan fingerprint density at radius 1 is 1.64 bits per heavy atom. The highest BCUT2D eigenvalue weighted by Crippen LogP contribution is 2.00. The fourth-order valence-electron chi connectivity index (χ4n) is 0.830. The highest BCUT2D eigenvalue weighted by molar-refractivity contribution is 5.05. The lowest BCUT2D eigenvalue weighted by Crippen LogP contribution is -2.05. The SMILES string of the molecule is C[C@H](O)Cc1ccc(F)cn1. The Labute approximate surface area is 64.7 Å². The Morgan fingerprint density at radius 2 is 2.36 bits per heavy atom. The van der Waals surface area contributed by atoms with Crippen molar-refractivity contribution in [3.05, 3.63) is 29.8 Å².